The zero-order chi connectivity index (χ0) is 12.5. The molecule has 0 bridgehead atoms. The lowest BCUT2D eigenvalue weighted by Crippen LogP contribution is -2.46. The second kappa shape index (κ2) is 6.34. The molecule has 1 atom stereocenters. The molecule has 0 radical (unpaired) electrons. The van der Waals surface area contributed by atoms with Crippen molar-refractivity contribution in [3.8, 4) is 0 Å². The summed E-state index contributed by atoms with van der Waals surface area (Å²) < 4.78 is 26.8. The van der Waals surface area contributed by atoms with E-state index in [1.807, 2.05) is 20.0 Å². The molecule has 0 spiro atoms. The lowest BCUT2D eigenvalue weighted by Gasteiger charge is -2.31. The van der Waals surface area contributed by atoms with E-state index in [1.165, 1.54) is 11.3 Å². The van der Waals surface area contributed by atoms with Crippen molar-refractivity contribution in [1.29, 1.82) is 0 Å². The summed E-state index contributed by atoms with van der Waals surface area (Å²) in [6.45, 7) is 3.14. The van der Waals surface area contributed by atoms with Gasteiger partial charge in [-0.05, 0) is 38.9 Å². The summed E-state index contributed by atoms with van der Waals surface area (Å²) >= 11 is 1.35. The Hall–Kier alpha value is -0.140. The van der Waals surface area contributed by atoms with Crippen molar-refractivity contribution in [1.82, 2.24) is 9.62 Å². The number of halogens is 1. The van der Waals surface area contributed by atoms with Gasteiger partial charge in [-0.2, -0.15) is 4.31 Å². The average molecular weight is 311 g/mol. The summed E-state index contributed by atoms with van der Waals surface area (Å²) in [7, 11) is -1.39. The van der Waals surface area contributed by atoms with Crippen LogP contribution in [0.5, 0.6) is 0 Å². The van der Waals surface area contributed by atoms with Crippen LogP contribution in [0.4, 0.5) is 0 Å². The van der Waals surface area contributed by atoms with E-state index in [1.54, 1.807) is 10.4 Å². The van der Waals surface area contributed by atoms with Gasteiger partial charge in [-0.15, -0.1) is 23.7 Å². The van der Waals surface area contributed by atoms with Crippen molar-refractivity contribution in [3.05, 3.63) is 17.0 Å². The predicted octanol–water partition coefficient (Wildman–Crippen LogP) is 1.85. The van der Waals surface area contributed by atoms with Gasteiger partial charge in [0.2, 0.25) is 0 Å². The summed E-state index contributed by atoms with van der Waals surface area (Å²) in [6.07, 6.45) is 1.97. The topological polar surface area (TPSA) is 49.4 Å². The maximum Gasteiger partial charge on any atom is 0.252 e. The molecule has 1 aromatic rings. The number of nitrogens with zero attached hydrogens (tertiary/aromatic N) is 1. The highest BCUT2D eigenvalue weighted by molar-refractivity contribution is 7.91. The number of hydrogen-bond acceptors (Lipinski definition) is 4. The Balaban J connectivity index is 0.00000162. The van der Waals surface area contributed by atoms with Crippen molar-refractivity contribution < 1.29 is 8.42 Å². The van der Waals surface area contributed by atoms with Gasteiger partial charge in [0.15, 0.2) is 0 Å². The first-order valence-corrected chi connectivity index (χ1v) is 8.03. The first-order valence-electron chi connectivity index (χ1n) is 5.78. The van der Waals surface area contributed by atoms with E-state index >= 15 is 0 Å². The molecule has 1 aromatic heterocycles. The van der Waals surface area contributed by atoms with Crippen LogP contribution in [0, 0.1) is 6.92 Å². The van der Waals surface area contributed by atoms with E-state index in [0.717, 1.165) is 17.7 Å². The monoisotopic (exact) mass is 310 g/mol. The molecule has 0 aromatic carbocycles. The Morgan fingerprint density at radius 2 is 2.17 bits per heavy atom. The van der Waals surface area contributed by atoms with Crippen LogP contribution in [-0.4, -0.2) is 38.9 Å². The van der Waals surface area contributed by atoms with Crippen LogP contribution in [0.3, 0.4) is 0 Å². The number of likely N-dealkylation sites (N-methyl/N-ethyl adjacent to an activating group) is 1. The largest absolute Gasteiger partial charge is 0.316 e. The van der Waals surface area contributed by atoms with Crippen LogP contribution < -0.4 is 5.32 Å². The van der Waals surface area contributed by atoms with E-state index in [-0.39, 0.29) is 18.4 Å². The third kappa shape index (κ3) is 3.24. The SMILES string of the molecule is CNC1CCCN(S(=O)(=O)c2ccc(C)s2)C1.Cl. The molecule has 0 amide bonds. The van der Waals surface area contributed by atoms with Gasteiger partial charge in [-0.1, -0.05) is 0 Å². The maximum atomic E-state index is 12.4. The number of piperidine rings is 1. The zero-order valence-corrected chi connectivity index (χ0v) is 13.0. The lowest BCUT2D eigenvalue weighted by molar-refractivity contribution is 0.293. The second-order valence-electron chi connectivity index (χ2n) is 4.36. The van der Waals surface area contributed by atoms with Crippen LogP contribution in [0.2, 0.25) is 0 Å². The summed E-state index contributed by atoms with van der Waals surface area (Å²) in [5.41, 5.74) is 0. The molecule has 0 aliphatic carbocycles. The number of thiophene rings is 1. The second-order valence-corrected chi connectivity index (χ2v) is 7.81. The molecule has 4 nitrogen and oxygen atoms in total. The number of aryl methyl sites for hydroxylation is 1. The summed E-state index contributed by atoms with van der Waals surface area (Å²) in [4.78, 5) is 1.03. The Bertz CT molecular complexity index is 487. The van der Waals surface area contributed by atoms with Gasteiger partial charge in [0.1, 0.15) is 4.21 Å². The van der Waals surface area contributed by atoms with Crippen molar-refractivity contribution >= 4 is 33.8 Å². The van der Waals surface area contributed by atoms with Crippen molar-refractivity contribution in [3.63, 3.8) is 0 Å². The fraction of sp³-hybridized carbons (Fsp3) is 0.636. The normalized spacial score (nSPS) is 21.6. The number of nitrogens with one attached hydrogen (secondary N) is 1. The smallest absolute Gasteiger partial charge is 0.252 e. The van der Waals surface area contributed by atoms with Gasteiger partial charge in [-0.25, -0.2) is 8.42 Å². The summed E-state index contributed by atoms with van der Waals surface area (Å²) in [6, 6.07) is 3.84. The minimum Gasteiger partial charge on any atom is -0.316 e. The Labute approximate surface area is 119 Å². The van der Waals surface area contributed by atoms with Crippen LogP contribution in [0.25, 0.3) is 0 Å². The van der Waals surface area contributed by atoms with E-state index in [0.29, 0.717) is 17.3 Å². The molecule has 18 heavy (non-hydrogen) atoms. The highest BCUT2D eigenvalue weighted by Crippen LogP contribution is 2.26. The molecule has 7 heteroatoms. The molecule has 2 rings (SSSR count). The van der Waals surface area contributed by atoms with E-state index in [9.17, 15) is 8.42 Å². The number of sulfonamides is 1. The highest BCUT2D eigenvalue weighted by atomic mass is 35.5. The van der Waals surface area contributed by atoms with Crippen LogP contribution in [0.1, 0.15) is 17.7 Å². The summed E-state index contributed by atoms with van der Waals surface area (Å²) in [5.74, 6) is 0. The van der Waals surface area contributed by atoms with Crippen LogP contribution >= 0.6 is 23.7 Å². The highest BCUT2D eigenvalue weighted by Gasteiger charge is 2.30. The van der Waals surface area contributed by atoms with Gasteiger partial charge in [0, 0.05) is 24.0 Å². The third-order valence-corrected chi connectivity index (χ3v) is 6.44. The van der Waals surface area contributed by atoms with Crippen LogP contribution in [-0.2, 0) is 10.0 Å². The molecule has 0 saturated carbocycles. The zero-order valence-electron chi connectivity index (χ0n) is 10.5. The predicted molar refractivity (Wildman–Crippen MR) is 77.1 cm³/mol. The first kappa shape index (κ1) is 15.9. The average Bonchev–Trinajstić information content (AvgIpc) is 2.76. The fourth-order valence-corrected chi connectivity index (χ4v) is 5.04. The van der Waals surface area contributed by atoms with Gasteiger partial charge in [0.25, 0.3) is 10.0 Å². The minimum absolute atomic E-state index is 0. The molecule has 1 saturated heterocycles. The van der Waals surface area contributed by atoms with Crippen molar-refractivity contribution in [2.75, 3.05) is 20.1 Å². The molecule has 1 aliphatic rings. The molecule has 1 aliphatic heterocycles. The lowest BCUT2D eigenvalue weighted by atomic mass is 10.1. The van der Waals surface area contributed by atoms with E-state index in [4.69, 9.17) is 0 Å². The van der Waals surface area contributed by atoms with Gasteiger partial charge in [-0.3, -0.25) is 0 Å². The quantitative estimate of drug-likeness (QED) is 0.927. The first-order chi connectivity index (χ1) is 8.04. The molecule has 1 N–H and O–H groups in total. The molecular formula is C11H19ClN2O2S2. The minimum atomic E-state index is -3.27. The Morgan fingerprint density at radius 1 is 1.44 bits per heavy atom. The molecule has 1 fully saturated rings. The van der Waals surface area contributed by atoms with Gasteiger partial charge in [0.05, 0.1) is 0 Å². The van der Waals surface area contributed by atoms with E-state index < -0.39 is 10.0 Å². The van der Waals surface area contributed by atoms with Crippen molar-refractivity contribution in [2.24, 2.45) is 0 Å². The Morgan fingerprint density at radius 3 is 2.72 bits per heavy atom. The van der Waals surface area contributed by atoms with Gasteiger partial charge < -0.3 is 5.32 Å². The van der Waals surface area contributed by atoms with Crippen molar-refractivity contribution in [2.45, 2.75) is 30.0 Å². The Kier molecular flexibility index (Phi) is 5.61. The molecule has 2 heterocycles. The number of hydrogen-bond donors (Lipinski definition) is 1. The third-order valence-electron chi connectivity index (χ3n) is 3.10. The van der Waals surface area contributed by atoms with Gasteiger partial charge >= 0.3 is 0 Å². The standard InChI is InChI=1S/C11H18N2O2S2.ClH/c1-9-5-6-11(16-9)17(14,15)13-7-3-4-10(8-13)12-2;/h5-6,10,12H,3-4,7-8H2,1-2H3;1H. The van der Waals surface area contributed by atoms with E-state index in [2.05, 4.69) is 5.32 Å². The molecule has 104 valence electrons. The maximum absolute atomic E-state index is 12.4. The summed E-state index contributed by atoms with van der Waals surface area (Å²) in [5, 5.41) is 3.16. The van der Waals surface area contributed by atoms with Crippen LogP contribution in [0.15, 0.2) is 16.3 Å². The fourth-order valence-electron chi connectivity index (χ4n) is 2.07. The molecular weight excluding hydrogens is 292 g/mol. The molecule has 1 unspecified atom stereocenters. The number of rotatable bonds is 3.